The predicted octanol–water partition coefficient (Wildman–Crippen LogP) is 3.44. The third-order valence-electron chi connectivity index (χ3n) is 5.40. The SMILES string of the molecule is CC(F)CNCc1ccc(C#Cc2ccc(C(=O)N[C@H](C(=O)NO)C(C)(C)NC(=O)OC(C)(C)C)cc2)cc1. The Bertz CT molecular complexity index is 1190. The van der Waals surface area contributed by atoms with Crippen molar-refractivity contribution in [1.82, 2.24) is 21.4 Å². The van der Waals surface area contributed by atoms with Gasteiger partial charge in [0.25, 0.3) is 11.8 Å². The molecule has 9 nitrogen and oxygen atoms in total. The van der Waals surface area contributed by atoms with Gasteiger partial charge < -0.3 is 20.7 Å². The Labute approximate surface area is 228 Å². The lowest BCUT2D eigenvalue weighted by atomic mass is 9.93. The monoisotopic (exact) mass is 540 g/mol. The molecule has 5 N–H and O–H groups in total. The zero-order valence-corrected chi connectivity index (χ0v) is 23.1. The van der Waals surface area contributed by atoms with E-state index in [2.05, 4.69) is 27.8 Å². The molecule has 10 heteroatoms. The van der Waals surface area contributed by atoms with Crippen molar-refractivity contribution in [3.63, 3.8) is 0 Å². The Morgan fingerprint density at radius 2 is 1.49 bits per heavy atom. The number of ether oxygens (including phenoxy) is 1. The number of alkyl halides is 1. The fourth-order valence-electron chi connectivity index (χ4n) is 3.46. The van der Waals surface area contributed by atoms with Gasteiger partial charge in [-0.2, -0.15) is 0 Å². The molecule has 0 radical (unpaired) electrons. The molecule has 0 spiro atoms. The highest BCUT2D eigenvalue weighted by Crippen LogP contribution is 2.15. The summed E-state index contributed by atoms with van der Waals surface area (Å²) in [4.78, 5) is 37.5. The molecule has 0 saturated carbocycles. The van der Waals surface area contributed by atoms with E-state index in [1.807, 2.05) is 24.3 Å². The van der Waals surface area contributed by atoms with Crippen molar-refractivity contribution in [2.24, 2.45) is 0 Å². The molecular weight excluding hydrogens is 503 g/mol. The highest BCUT2D eigenvalue weighted by atomic mass is 19.1. The first-order valence-electron chi connectivity index (χ1n) is 12.5. The first-order chi connectivity index (χ1) is 18.2. The summed E-state index contributed by atoms with van der Waals surface area (Å²) in [5.41, 5.74) is 2.20. The minimum Gasteiger partial charge on any atom is -0.444 e. The number of benzene rings is 2. The third kappa shape index (κ3) is 10.8. The molecule has 0 aliphatic carbocycles. The number of alkyl carbamates (subject to hydrolysis) is 1. The molecule has 3 amide bonds. The molecule has 210 valence electrons. The topological polar surface area (TPSA) is 129 Å². The summed E-state index contributed by atoms with van der Waals surface area (Å²) >= 11 is 0. The lowest BCUT2D eigenvalue weighted by molar-refractivity contribution is -0.132. The van der Waals surface area contributed by atoms with Crippen LogP contribution in [0.3, 0.4) is 0 Å². The van der Waals surface area contributed by atoms with E-state index in [1.54, 1.807) is 45.0 Å². The summed E-state index contributed by atoms with van der Waals surface area (Å²) in [5.74, 6) is 4.59. The van der Waals surface area contributed by atoms with Gasteiger partial charge in [-0.3, -0.25) is 14.8 Å². The average Bonchev–Trinajstić information content (AvgIpc) is 2.84. The number of carbonyl (C=O) groups is 3. The van der Waals surface area contributed by atoms with Crippen molar-refractivity contribution in [3.05, 3.63) is 70.8 Å². The summed E-state index contributed by atoms with van der Waals surface area (Å²) in [5, 5.41) is 17.4. The van der Waals surface area contributed by atoms with Crippen molar-refractivity contribution in [2.75, 3.05) is 6.54 Å². The second-order valence-electron chi connectivity index (χ2n) is 10.7. The van der Waals surface area contributed by atoms with Crippen molar-refractivity contribution in [1.29, 1.82) is 0 Å². The number of hydroxylamine groups is 1. The molecule has 0 fully saturated rings. The van der Waals surface area contributed by atoms with E-state index < -0.39 is 41.3 Å². The Morgan fingerprint density at radius 3 is 1.97 bits per heavy atom. The van der Waals surface area contributed by atoms with Gasteiger partial charge in [0.2, 0.25) is 0 Å². The molecule has 0 aliphatic heterocycles. The number of hydrogen-bond acceptors (Lipinski definition) is 6. The fourth-order valence-corrected chi connectivity index (χ4v) is 3.46. The Hall–Kier alpha value is -3.94. The van der Waals surface area contributed by atoms with Gasteiger partial charge in [-0.15, -0.1) is 0 Å². The van der Waals surface area contributed by atoms with Crippen molar-refractivity contribution in [3.8, 4) is 11.8 Å². The van der Waals surface area contributed by atoms with Crippen LogP contribution < -0.4 is 21.4 Å². The Balaban J connectivity index is 2.06. The molecule has 2 aromatic rings. The van der Waals surface area contributed by atoms with Crippen molar-refractivity contribution >= 4 is 17.9 Å². The van der Waals surface area contributed by atoms with E-state index in [-0.39, 0.29) is 5.56 Å². The Kier molecular flexibility index (Phi) is 11.0. The van der Waals surface area contributed by atoms with Gasteiger partial charge in [-0.25, -0.2) is 14.7 Å². The molecular formula is C29H37FN4O5. The molecule has 2 aromatic carbocycles. The fraction of sp³-hybridized carbons (Fsp3) is 0.414. The number of hydrogen-bond donors (Lipinski definition) is 5. The third-order valence-corrected chi connectivity index (χ3v) is 5.40. The van der Waals surface area contributed by atoms with Crippen LogP contribution in [0, 0.1) is 11.8 Å². The van der Waals surface area contributed by atoms with Gasteiger partial charge >= 0.3 is 6.09 Å². The summed E-state index contributed by atoms with van der Waals surface area (Å²) in [6, 6.07) is 12.7. The summed E-state index contributed by atoms with van der Waals surface area (Å²) < 4.78 is 18.1. The van der Waals surface area contributed by atoms with Crippen LogP contribution in [0.4, 0.5) is 9.18 Å². The largest absolute Gasteiger partial charge is 0.444 e. The van der Waals surface area contributed by atoms with Gasteiger partial charge in [-0.05, 0) is 83.5 Å². The number of halogens is 1. The summed E-state index contributed by atoms with van der Waals surface area (Å²) in [6.07, 6.45) is -1.68. The maximum atomic E-state index is 12.9. The van der Waals surface area contributed by atoms with Crippen molar-refractivity contribution in [2.45, 2.75) is 71.4 Å². The smallest absolute Gasteiger partial charge is 0.408 e. The van der Waals surface area contributed by atoms with Crippen LogP contribution in [-0.2, 0) is 16.1 Å². The average molecular weight is 541 g/mol. The van der Waals surface area contributed by atoms with Gasteiger partial charge in [0, 0.05) is 29.8 Å². The van der Waals surface area contributed by atoms with Crippen LogP contribution >= 0.6 is 0 Å². The van der Waals surface area contributed by atoms with Crippen molar-refractivity contribution < 1.29 is 28.7 Å². The minimum absolute atomic E-state index is 0.254. The van der Waals surface area contributed by atoms with E-state index >= 15 is 0 Å². The molecule has 0 bridgehead atoms. The second-order valence-corrected chi connectivity index (χ2v) is 10.7. The van der Waals surface area contributed by atoms with E-state index in [9.17, 15) is 24.0 Å². The molecule has 0 aliphatic rings. The maximum Gasteiger partial charge on any atom is 0.408 e. The van der Waals surface area contributed by atoms with Gasteiger partial charge in [0.1, 0.15) is 17.8 Å². The van der Waals surface area contributed by atoms with E-state index in [1.165, 1.54) is 26.3 Å². The predicted molar refractivity (Wildman–Crippen MR) is 146 cm³/mol. The highest BCUT2D eigenvalue weighted by Gasteiger charge is 2.39. The number of rotatable bonds is 9. The molecule has 2 atom stereocenters. The normalized spacial score (nSPS) is 12.8. The standard InChI is InChI=1S/C29H37FN4O5/c1-19(30)17-31-18-22-11-9-20(10-12-22)7-8-21-13-15-23(16-14-21)25(35)32-24(26(36)34-38)29(5,6)33-27(37)39-28(2,3)4/h9-16,19,24,31,38H,17-18H2,1-6H3,(H,32,35)(H,33,37)(H,34,36)/t19?,24-/m1/s1. The van der Waals surface area contributed by atoms with E-state index in [0.717, 1.165) is 11.1 Å². The minimum atomic E-state index is -1.32. The zero-order chi connectivity index (χ0) is 29.2. The van der Waals surface area contributed by atoms with Crippen LogP contribution in [0.2, 0.25) is 0 Å². The molecule has 39 heavy (non-hydrogen) atoms. The molecule has 0 aromatic heterocycles. The lowest BCUT2D eigenvalue weighted by Crippen LogP contribution is -2.64. The molecule has 0 saturated heterocycles. The van der Waals surface area contributed by atoms with Crippen LogP contribution in [0.5, 0.6) is 0 Å². The summed E-state index contributed by atoms with van der Waals surface area (Å²) in [7, 11) is 0. The first kappa shape index (κ1) is 31.3. The first-order valence-corrected chi connectivity index (χ1v) is 12.5. The summed E-state index contributed by atoms with van der Waals surface area (Å²) in [6.45, 7) is 10.5. The van der Waals surface area contributed by atoms with Gasteiger partial charge in [0.05, 0.1) is 5.54 Å². The van der Waals surface area contributed by atoms with Crippen LogP contribution in [0.1, 0.15) is 68.6 Å². The Morgan fingerprint density at radius 1 is 0.949 bits per heavy atom. The number of nitrogens with one attached hydrogen (secondary N) is 4. The van der Waals surface area contributed by atoms with Crippen LogP contribution in [0.15, 0.2) is 48.5 Å². The highest BCUT2D eigenvalue weighted by molar-refractivity contribution is 5.98. The second kappa shape index (κ2) is 13.7. The molecule has 2 rings (SSSR count). The van der Waals surface area contributed by atoms with E-state index in [0.29, 0.717) is 18.7 Å². The van der Waals surface area contributed by atoms with Crippen LogP contribution in [-0.4, -0.2) is 53.0 Å². The zero-order valence-electron chi connectivity index (χ0n) is 23.1. The van der Waals surface area contributed by atoms with Crippen LogP contribution in [0.25, 0.3) is 0 Å². The van der Waals surface area contributed by atoms with Gasteiger partial charge in [-0.1, -0.05) is 24.0 Å². The van der Waals surface area contributed by atoms with E-state index in [4.69, 9.17) is 4.74 Å². The number of carbonyl (C=O) groups excluding carboxylic acids is 3. The van der Waals surface area contributed by atoms with Gasteiger partial charge in [0.15, 0.2) is 0 Å². The maximum absolute atomic E-state index is 12.9. The number of amides is 3. The molecule has 1 unspecified atom stereocenters. The lowest BCUT2D eigenvalue weighted by Gasteiger charge is -2.34. The molecule has 0 heterocycles. The quantitative estimate of drug-likeness (QED) is 0.188.